The molecule has 0 atom stereocenters. The zero-order chi connectivity index (χ0) is 18.8. The van der Waals surface area contributed by atoms with Crippen LogP contribution in [0.1, 0.15) is 16.1 Å². The molecular weight excluding hydrogens is 365 g/mol. The van der Waals surface area contributed by atoms with Crippen LogP contribution in [0.15, 0.2) is 60.8 Å². The van der Waals surface area contributed by atoms with E-state index in [-0.39, 0.29) is 11.6 Å². The van der Waals surface area contributed by atoms with E-state index in [4.69, 9.17) is 0 Å². The molecule has 0 spiro atoms. The summed E-state index contributed by atoms with van der Waals surface area (Å²) in [6.45, 7) is 1.71. The van der Waals surface area contributed by atoms with Gasteiger partial charge in [-0.25, -0.2) is 9.07 Å². The number of halogens is 1. The monoisotopic (exact) mass is 379 g/mol. The number of carbonyl (C=O) groups is 1. The average molecular weight is 379 g/mol. The van der Waals surface area contributed by atoms with Gasteiger partial charge in [0, 0.05) is 5.56 Å². The van der Waals surface area contributed by atoms with Gasteiger partial charge in [0.15, 0.2) is 0 Å². The lowest BCUT2D eigenvalue weighted by molar-refractivity contribution is 0.102. The minimum absolute atomic E-state index is 0.288. The van der Waals surface area contributed by atoms with Crippen molar-refractivity contribution in [3.05, 3.63) is 77.9 Å². The molecule has 1 N–H and O–H groups in total. The summed E-state index contributed by atoms with van der Waals surface area (Å²) >= 11 is 1.28. The van der Waals surface area contributed by atoms with E-state index in [2.05, 4.69) is 20.6 Å². The maximum atomic E-state index is 14.0. The first-order valence-corrected chi connectivity index (χ1v) is 8.95. The molecule has 4 aromatic rings. The fourth-order valence-corrected chi connectivity index (χ4v) is 3.38. The standard InChI is InChI=1S/C19H14FN5OS/c1-12-14(11-21-25(12)16-10-6-5-9-15(16)20)17(26)22-19-24-23-18(27-19)13-7-3-2-4-8-13/h2-11H,1H3,(H,22,24,26). The number of nitrogens with zero attached hydrogens (tertiary/aromatic N) is 4. The molecule has 2 aromatic heterocycles. The molecule has 1 amide bonds. The van der Waals surface area contributed by atoms with Gasteiger partial charge in [-0.2, -0.15) is 5.10 Å². The molecule has 0 bridgehead atoms. The van der Waals surface area contributed by atoms with Crippen LogP contribution in [-0.2, 0) is 0 Å². The van der Waals surface area contributed by atoms with Crippen LogP contribution >= 0.6 is 11.3 Å². The van der Waals surface area contributed by atoms with Crippen LogP contribution in [0.3, 0.4) is 0 Å². The van der Waals surface area contributed by atoms with Gasteiger partial charge in [-0.1, -0.05) is 53.8 Å². The number of para-hydroxylation sites is 1. The number of amides is 1. The smallest absolute Gasteiger partial charge is 0.260 e. The number of carbonyl (C=O) groups excluding carboxylic acids is 1. The van der Waals surface area contributed by atoms with Crippen molar-refractivity contribution in [1.29, 1.82) is 0 Å². The van der Waals surface area contributed by atoms with Crippen molar-refractivity contribution in [2.75, 3.05) is 5.32 Å². The fourth-order valence-electron chi connectivity index (χ4n) is 2.63. The minimum atomic E-state index is -0.410. The molecule has 27 heavy (non-hydrogen) atoms. The molecular formula is C19H14FN5OS. The van der Waals surface area contributed by atoms with Gasteiger partial charge in [0.25, 0.3) is 5.91 Å². The summed E-state index contributed by atoms with van der Waals surface area (Å²) in [7, 11) is 0. The Balaban J connectivity index is 1.56. The van der Waals surface area contributed by atoms with Crippen LogP contribution in [0, 0.1) is 12.7 Å². The van der Waals surface area contributed by atoms with Gasteiger partial charge in [-0.3, -0.25) is 10.1 Å². The van der Waals surface area contributed by atoms with Gasteiger partial charge in [-0.15, -0.1) is 10.2 Å². The predicted octanol–water partition coefficient (Wildman–Crippen LogP) is 4.09. The summed E-state index contributed by atoms with van der Waals surface area (Å²) in [6.07, 6.45) is 1.41. The van der Waals surface area contributed by atoms with Crippen LogP contribution < -0.4 is 5.32 Å². The molecule has 134 valence electrons. The van der Waals surface area contributed by atoms with Crippen molar-refractivity contribution in [1.82, 2.24) is 20.0 Å². The molecule has 0 unspecified atom stereocenters. The zero-order valence-electron chi connectivity index (χ0n) is 14.3. The summed E-state index contributed by atoms with van der Waals surface area (Å²) in [6, 6.07) is 15.9. The molecule has 0 aliphatic rings. The minimum Gasteiger partial charge on any atom is -0.296 e. The maximum Gasteiger partial charge on any atom is 0.260 e. The van der Waals surface area contributed by atoms with Gasteiger partial charge in [-0.05, 0) is 19.1 Å². The van der Waals surface area contributed by atoms with Gasteiger partial charge in [0.1, 0.15) is 16.5 Å². The molecule has 0 radical (unpaired) electrons. The predicted molar refractivity (Wildman–Crippen MR) is 102 cm³/mol. The molecule has 0 saturated carbocycles. The van der Waals surface area contributed by atoms with E-state index in [1.807, 2.05) is 30.3 Å². The third-order valence-electron chi connectivity index (χ3n) is 4.00. The Morgan fingerprint density at radius 1 is 1.07 bits per heavy atom. The number of hydrogen-bond donors (Lipinski definition) is 1. The number of hydrogen-bond acceptors (Lipinski definition) is 5. The number of anilines is 1. The SMILES string of the molecule is Cc1c(C(=O)Nc2nnc(-c3ccccc3)s2)cnn1-c1ccccc1F. The highest BCUT2D eigenvalue weighted by Crippen LogP contribution is 2.26. The van der Waals surface area contributed by atoms with Crippen molar-refractivity contribution < 1.29 is 9.18 Å². The number of rotatable bonds is 4. The number of benzene rings is 2. The fraction of sp³-hybridized carbons (Fsp3) is 0.0526. The number of nitrogens with one attached hydrogen (secondary N) is 1. The number of aromatic nitrogens is 4. The Kier molecular flexibility index (Phi) is 4.47. The highest BCUT2D eigenvalue weighted by molar-refractivity contribution is 7.18. The van der Waals surface area contributed by atoms with E-state index in [1.165, 1.54) is 28.3 Å². The molecule has 2 heterocycles. The lowest BCUT2D eigenvalue weighted by Crippen LogP contribution is -2.13. The Morgan fingerprint density at radius 3 is 2.59 bits per heavy atom. The Morgan fingerprint density at radius 2 is 1.81 bits per heavy atom. The Bertz CT molecular complexity index is 1110. The van der Waals surface area contributed by atoms with E-state index in [0.717, 1.165) is 5.56 Å². The molecule has 0 aliphatic heterocycles. The first-order valence-electron chi connectivity index (χ1n) is 8.13. The quantitative estimate of drug-likeness (QED) is 0.580. The molecule has 6 nitrogen and oxygen atoms in total. The first-order chi connectivity index (χ1) is 13.1. The molecule has 0 fully saturated rings. The van der Waals surface area contributed by atoms with Gasteiger partial charge >= 0.3 is 0 Å². The molecule has 0 aliphatic carbocycles. The summed E-state index contributed by atoms with van der Waals surface area (Å²) in [5.74, 6) is -0.780. The van der Waals surface area contributed by atoms with Gasteiger partial charge in [0.2, 0.25) is 5.13 Å². The molecule has 2 aromatic carbocycles. The van der Waals surface area contributed by atoms with Crippen molar-refractivity contribution in [2.24, 2.45) is 0 Å². The van der Waals surface area contributed by atoms with E-state index in [1.54, 1.807) is 25.1 Å². The second kappa shape index (κ2) is 7.08. The first kappa shape index (κ1) is 17.0. The summed E-state index contributed by atoms with van der Waals surface area (Å²) < 4.78 is 15.4. The maximum absolute atomic E-state index is 14.0. The highest BCUT2D eigenvalue weighted by Gasteiger charge is 2.18. The second-order valence-electron chi connectivity index (χ2n) is 5.74. The normalized spacial score (nSPS) is 10.7. The highest BCUT2D eigenvalue weighted by atomic mass is 32.1. The van der Waals surface area contributed by atoms with E-state index < -0.39 is 5.82 Å². The second-order valence-corrected chi connectivity index (χ2v) is 6.72. The zero-order valence-corrected chi connectivity index (χ0v) is 15.1. The van der Waals surface area contributed by atoms with E-state index in [0.29, 0.717) is 21.4 Å². The average Bonchev–Trinajstić information content (AvgIpc) is 3.30. The van der Waals surface area contributed by atoms with Gasteiger partial charge in [0.05, 0.1) is 17.5 Å². The van der Waals surface area contributed by atoms with Crippen LogP contribution in [0.25, 0.3) is 16.3 Å². The summed E-state index contributed by atoms with van der Waals surface area (Å²) in [5.41, 5.74) is 2.09. The third kappa shape index (κ3) is 3.34. The van der Waals surface area contributed by atoms with Crippen molar-refractivity contribution in [3.63, 3.8) is 0 Å². The van der Waals surface area contributed by atoms with Crippen LogP contribution in [-0.4, -0.2) is 25.9 Å². The van der Waals surface area contributed by atoms with E-state index in [9.17, 15) is 9.18 Å². The lowest BCUT2D eigenvalue weighted by Gasteiger charge is -2.06. The lowest BCUT2D eigenvalue weighted by atomic mass is 10.2. The largest absolute Gasteiger partial charge is 0.296 e. The molecule has 4 rings (SSSR count). The topological polar surface area (TPSA) is 72.7 Å². The molecule has 8 heteroatoms. The van der Waals surface area contributed by atoms with Crippen molar-refractivity contribution in [3.8, 4) is 16.3 Å². The van der Waals surface area contributed by atoms with E-state index >= 15 is 0 Å². The third-order valence-corrected chi connectivity index (χ3v) is 4.89. The van der Waals surface area contributed by atoms with Crippen molar-refractivity contribution >= 4 is 22.4 Å². The van der Waals surface area contributed by atoms with Crippen molar-refractivity contribution in [2.45, 2.75) is 6.92 Å². The van der Waals surface area contributed by atoms with Gasteiger partial charge < -0.3 is 0 Å². The summed E-state index contributed by atoms with van der Waals surface area (Å²) in [4.78, 5) is 12.6. The van der Waals surface area contributed by atoms with Crippen LogP contribution in [0.4, 0.5) is 9.52 Å². The Hall–Kier alpha value is -3.39. The van der Waals surface area contributed by atoms with Crippen LogP contribution in [0.2, 0.25) is 0 Å². The molecule has 0 saturated heterocycles. The van der Waals surface area contributed by atoms with Crippen LogP contribution in [0.5, 0.6) is 0 Å². The Labute approximate surface area is 158 Å². The summed E-state index contributed by atoms with van der Waals surface area (Å²) in [5, 5.41) is 16.1.